The molecular formula is C11H19NO5. The Morgan fingerprint density at radius 1 is 1.41 bits per heavy atom. The molecule has 17 heavy (non-hydrogen) atoms. The minimum absolute atomic E-state index is 0.180. The highest BCUT2D eigenvalue weighted by molar-refractivity contribution is 5.86. The summed E-state index contributed by atoms with van der Waals surface area (Å²) in [5.74, 6) is -1.25. The molecule has 6 heteroatoms. The molecule has 1 fully saturated rings. The molecule has 1 rings (SSSR count). The van der Waals surface area contributed by atoms with Crippen molar-refractivity contribution in [2.75, 3.05) is 19.8 Å². The number of nitrogens with one attached hydrogen (secondary N) is 1. The van der Waals surface area contributed by atoms with Gasteiger partial charge in [-0.3, -0.25) is 4.79 Å². The van der Waals surface area contributed by atoms with Gasteiger partial charge in [0.2, 0.25) is 0 Å². The topological polar surface area (TPSA) is 84.9 Å². The minimum Gasteiger partial charge on any atom is -0.480 e. The van der Waals surface area contributed by atoms with Crippen molar-refractivity contribution in [2.45, 2.75) is 32.4 Å². The fourth-order valence-electron chi connectivity index (χ4n) is 1.60. The van der Waals surface area contributed by atoms with E-state index in [1.54, 1.807) is 0 Å². The molecule has 0 spiro atoms. The van der Waals surface area contributed by atoms with Gasteiger partial charge in [-0.2, -0.15) is 0 Å². The van der Waals surface area contributed by atoms with Crippen molar-refractivity contribution < 1.29 is 24.2 Å². The summed E-state index contributed by atoms with van der Waals surface area (Å²) >= 11 is 0. The molecule has 98 valence electrons. The average molecular weight is 245 g/mol. The molecule has 0 bridgehead atoms. The van der Waals surface area contributed by atoms with E-state index in [0.717, 1.165) is 0 Å². The minimum atomic E-state index is -1.02. The number of hydrogen-bond donors (Lipinski definition) is 2. The normalized spacial score (nSPS) is 22.2. The van der Waals surface area contributed by atoms with E-state index < -0.39 is 24.0 Å². The molecule has 1 aliphatic rings. The van der Waals surface area contributed by atoms with Crippen molar-refractivity contribution in [3.05, 3.63) is 0 Å². The van der Waals surface area contributed by atoms with Gasteiger partial charge in [-0.1, -0.05) is 13.8 Å². The molecule has 0 radical (unpaired) electrons. The van der Waals surface area contributed by atoms with Crippen LogP contribution >= 0.6 is 0 Å². The van der Waals surface area contributed by atoms with Crippen LogP contribution in [0.25, 0.3) is 0 Å². The molecule has 0 aliphatic carbocycles. The highest BCUT2D eigenvalue weighted by Crippen LogP contribution is 2.07. The quantitative estimate of drug-likeness (QED) is 0.713. The SMILES string of the molecule is CC(C)C[C@H](NC(=O)C1COCCO1)C(=O)O. The number of carboxylic acids is 1. The maximum absolute atomic E-state index is 11.7. The molecular weight excluding hydrogens is 226 g/mol. The molecule has 0 aromatic rings. The lowest BCUT2D eigenvalue weighted by Gasteiger charge is -2.24. The number of amides is 1. The van der Waals surface area contributed by atoms with E-state index in [1.165, 1.54) is 0 Å². The third kappa shape index (κ3) is 4.70. The number of rotatable bonds is 5. The lowest BCUT2D eigenvalue weighted by atomic mass is 10.0. The first-order valence-electron chi connectivity index (χ1n) is 5.73. The number of aliphatic carboxylic acids is 1. The summed E-state index contributed by atoms with van der Waals surface area (Å²) in [6, 6.07) is -0.868. The second-order valence-corrected chi connectivity index (χ2v) is 4.46. The van der Waals surface area contributed by atoms with Crippen LogP contribution in [0.1, 0.15) is 20.3 Å². The fraction of sp³-hybridized carbons (Fsp3) is 0.818. The van der Waals surface area contributed by atoms with E-state index in [1.807, 2.05) is 13.8 Å². The van der Waals surface area contributed by atoms with Crippen molar-refractivity contribution in [2.24, 2.45) is 5.92 Å². The van der Waals surface area contributed by atoms with Crippen LogP contribution in [0.4, 0.5) is 0 Å². The van der Waals surface area contributed by atoms with E-state index in [4.69, 9.17) is 14.6 Å². The first-order chi connectivity index (χ1) is 8.00. The van der Waals surface area contributed by atoms with Gasteiger partial charge in [-0.05, 0) is 12.3 Å². The smallest absolute Gasteiger partial charge is 0.326 e. The monoisotopic (exact) mass is 245 g/mol. The Morgan fingerprint density at radius 2 is 2.12 bits per heavy atom. The molecule has 2 N–H and O–H groups in total. The lowest BCUT2D eigenvalue weighted by Crippen LogP contribution is -2.49. The van der Waals surface area contributed by atoms with E-state index >= 15 is 0 Å². The molecule has 1 unspecified atom stereocenters. The van der Waals surface area contributed by atoms with Gasteiger partial charge in [0.05, 0.1) is 19.8 Å². The Labute approximate surface area is 100 Å². The number of carboxylic acid groups (broad SMARTS) is 1. The van der Waals surface area contributed by atoms with Gasteiger partial charge in [0.1, 0.15) is 6.04 Å². The summed E-state index contributed by atoms with van der Waals surface area (Å²) in [6.45, 7) is 4.82. The van der Waals surface area contributed by atoms with Crippen LogP contribution in [0, 0.1) is 5.92 Å². The van der Waals surface area contributed by atoms with Crippen LogP contribution in [0.15, 0.2) is 0 Å². The van der Waals surface area contributed by atoms with Crippen molar-refractivity contribution in [3.63, 3.8) is 0 Å². The molecule has 1 aliphatic heterocycles. The second kappa shape index (κ2) is 6.56. The number of carbonyl (C=O) groups is 2. The molecule has 1 heterocycles. The highest BCUT2D eigenvalue weighted by atomic mass is 16.6. The summed E-state index contributed by atoms with van der Waals surface area (Å²) in [5.41, 5.74) is 0. The summed E-state index contributed by atoms with van der Waals surface area (Å²) < 4.78 is 10.3. The summed E-state index contributed by atoms with van der Waals surface area (Å²) in [5, 5.41) is 11.5. The van der Waals surface area contributed by atoms with E-state index in [-0.39, 0.29) is 12.5 Å². The average Bonchev–Trinajstić information content (AvgIpc) is 2.28. The molecule has 0 saturated carbocycles. The Bertz CT molecular complexity index is 273. The summed E-state index contributed by atoms with van der Waals surface area (Å²) in [4.78, 5) is 22.7. The van der Waals surface area contributed by atoms with Gasteiger partial charge in [0.25, 0.3) is 5.91 Å². The van der Waals surface area contributed by atoms with Crippen LogP contribution in [0.2, 0.25) is 0 Å². The number of carbonyl (C=O) groups excluding carboxylic acids is 1. The largest absolute Gasteiger partial charge is 0.480 e. The first kappa shape index (κ1) is 13.9. The third-order valence-electron chi connectivity index (χ3n) is 2.43. The standard InChI is InChI=1S/C11H19NO5/c1-7(2)5-8(11(14)15)12-10(13)9-6-16-3-4-17-9/h7-9H,3-6H2,1-2H3,(H,12,13)(H,14,15)/t8-,9?/m0/s1. The van der Waals surface area contributed by atoms with E-state index in [2.05, 4.69) is 5.32 Å². The third-order valence-corrected chi connectivity index (χ3v) is 2.43. The molecule has 2 atom stereocenters. The van der Waals surface area contributed by atoms with E-state index in [9.17, 15) is 9.59 Å². The lowest BCUT2D eigenvalue weighted by molar-refractivity contribution is -0.152. The molecule has 6 nitrogen and oxygen atoms in total. The van der Waals surface area contributed by atoms with Gasteiger partial charge < -0.3 is 19.9 Å². The fourth-order valence-corrected chi connectivity index (χ4v) is 1.60. The second-order valence-electron chi connectivity index (χ2n) is 4.46. The Kier molecular flexibility index (Phi) is 5.37. The Hall–Kier alpha value is -1.14. The predicted molar refractivity (Wildman–Crippen MR) is 59.6 cm³/mol. The molecule has 1 amide bonds. The van der Waals surface area contributed by atoms with Gasteiger partial charge in [0, 0.05) is 0 Å². The van der Waals surface area contributed by atoms with E-state index in [0.29, 0.717) is 19.6 Å². The van der Waals surface area contributed by atoms with Crippen LogP contribution in [0.3, 0.4) is 0 Å². The van der Waals surface area contributed by atoms with Crippen molar-refractivity contribution in [1.29, 1.82) is 0 Å². The van der Waals surface area contributed by atoms with Gasteiger partial charge in [-0.15, -0.1) is 0 Å². The zero-order chi connectivity index (χ0) is 12.8. The predicted octanol–water partition coefficient (Wildman–Crippen LogP) is 0.0173. The van der Waals surface area contributed by atoms with Crippen LogP contribution in [0.5, 0.6) is 0 Å². The van der Waals surface area contributed by atoms with Gasteiger partial charge >= 0.3 is 5.97 Å². The van der Waals surface area contributed by atoms with Crippen LogP contribution < -0.4 is 5.32 Å². The van der Waals surface area contributed by atoms with Crippen LogP contribution in [-0.4, -0.2) is 48.9 Å². The molecule has 1 saturated heterocycles. The summed E-state index contributed by atoms with van der Waals surface area (Å²) in [6.07, 6.45) is -0.299. The zero-order valence-corrected chi connectivity index (χ0v) is 10.1. The highest BCUT2D eigenvalue weighted by Gasteiger charge is 2.27. The Balaban J connectivity index is 2.47. The first-order valence-corrected chi connectivity index (χ1v) is 5.73. The maximum atomic E-state index is 11.7. The molecule has 0 aromatic heterocycles. The van der Waals surface area contributed by atoms with Crippen molar-refractivity contribution in [3.8, 4) is 0 Å². The number of ether oxygens (including phenoxy) is 2. The number of hydrogen-bond acceptors (Lipinski definition) is 4. The maximum Gasteiger partial charge on any atom is 0.326 e. The van der Waals surface area contributed by atoms with Gasteiger partial charge in [0.15, 0.2) is 6.10 Å². The molecule has 0 aromatic carbocycles. The Morgan fingerprint density at radius 3 is 2.59 bits per heavy atom. The van der Waals surface area contributed by atoms with Crippen molar-refractivity contribution in [1.82, 2.24) is 5.32 Å². The zero-order valence-electron chi connectivity index (χ0n) is 10.1. The van der Waals surface area contributed by atoms with Gasteiger partial charge in [-0.25, -0.2) is 4.79 Å². The summed E-state index contributed by atoms with van der Waals surface area (Å²) in [7, 11) is 0. The van der Waals surface area contributed by atoms with Crippen molar-refractivity contribution >= 4 is 11.9 Å². The van der Waals surface area contributed by atoms with Crippen LogP contribution in [-0.2, 0) is 19.1 Å².